The van der Waals surface area contributed by atoms with Gasteiger partial charge in [-0.2, -0.15) is 13.7 Å². The van der Waals surface area contributed by atoms with Crippen LogP contribution in [0.15, 0.2) is 231 Å². The molecule has 0 saturated carbocycles. The molecule has 13 aromatic carbocycles. The number of rotatable bonds is 0. The first-order valence-electron chi connectivity index (χ1n) is 32.1. The molecule has 6 nitrogen and oxygen atoms in total. The van der Waals surface area contributed by atoms with E-state index in [1.54, 1.807) is 0 Å². The van der Waals surface area contributed by atoms with Crippen LogP contribution in [0.3, 0.4) is 0 Å². The Morgan fingerprint density at radius 1 is 0.275 bits per heavy atom. The Balaban J connectivity index is 0.0000000953. The fourth-order valence-corrected chi connectivity index (χ4v) is 17.9. The number of fused-ring (bicyclic) bond motifs is 20. The van der Waals surface area contributed by atoms with Gasteiger partial charge in [0.1, 0.15) is 17.2 Å². The molecule has 6 heteroatoms. The molecule has 16 aromatic rings. The first-order chi connectivity index (χ1) is 44.4. The van der Waals surface area contributed by atoms with Gasteiger partial charge in [0.05, 0.1) is 22.1 Å². The van der Waals surface area contributed by atoms with E-state index < -0.39 is 0 Å². The van der Waals surface area contributed by atoms with Gasteiger partial charge < -0.3 is 14.2 Å². The average molecular weight is 1170 g/mol. The number of benzene rings is 13. The third kappa shape index (κ3) is 6.68. The normalized spacial score (nSPS) is 15.5. The van der Waals surface area contributed by atoms with E-state index in [0.717, 1.165) is 17.2 Å². The molecular weight excluding hydrogens is 1110 g/mol. The molecule has 0 bridgehead atoms. The summed E-state index contributed by atoms with van der Waals surface area (Å²) in [7, 11) is 0. The predicted molar refractivity (Wildman–Crippen MR) is 370 cm³/mol. The zero-order valence-corrected chi connectivity index (χ0v) is 51.6. The zero-order valence-electron chi connectivity index (χ0n) is 51.6. The van der Waals surface area contributed by atoms with Gasteiger partial charge >= 0.3 is 0 Å². The number of hydrogen-bond donors (Lipinski definition) is 0. The van der Waals surface area contributed by atoms with Crippen molar-refractivity contribution in [2.75, 3.05) is 0 Å². The minimum absolute atomic E-state index is 0.0995. The summed E-state index contributed by atoms with van der Waals surface area (Å²) in [5.41, 5.74) is 17.2. The monoisotopic (exact) mass is 1170 g/mol. The van der Waals surface area contributed by atoms with Gasteiger partial charge in [0, 0.05) is 49.8 Å². The summed E-state index contributed by atoms with van der Waals surface area (Å²) in [5, 5.41) is 24.7. The molecule has 432 valence electrons. The van der Waals surface area contributed by atoms with E-state index in [4.69, 9.17) is 14.2 Å². The molecule has 6 heterocycles. The molecule has 0 N–H and O–H groups in total. The summed E-state index contributed by atoms with van der Waals surface area (Å²) >= 11 is 0. The molecule has 6 aliphatic rings. The number of nitrogens with zero attached hydrogens (tertiary/aromatic N) is 3. The summed E-state index contributed by atoms with van der Waals surface area (Å²) in [6.45, 7) is 15.9. The van der Waals surface area contributed by atoms with Crippen molar-refractivity contribution in [1.29, 1.82) is 0 Å². The highest BCUT2D eigenvalue weighted by molar-refractivity contribution is 6.17. The van der Waals surface area contributed by atoms with E-state index in [-0.39, 0.29) is 16.2 Å². The van der Waals surface area contributed by atoms with E-state index in [0.29, 0.717) is 20.2 Å². The lowest BCUT2D eigenvalue weighted by molar-refractivity contribution is -0.716. The molecule has 0 unspecified atom stereocenters. The molecule has 0 saturated heterocycles. The van der Waals surface area contributed by atoms with Gasteiger partial charge in [-0.25, -0.2) is 0 Å². The standard InChI is InChI=1S/C31H22NO.2C27H20NO/c1-31(2)25-15-24-21-10-6-4-8-19(21)12-14-26(24)32-17-33-27-16-23-20-9-5-3-7-18(20)11-13-22(23)29(31)28(27)30(25)32;2*1-27(2)24-20-12-11-16-7-3-5-9-18(16)21(20)13-22-23(24)26-25(27)19-10-6-4-8-17(19)14-28(26)15-29-22/h3-16H,17H2,1-2H3;2*3-14H,15H2,1-2H3/q3*+1. The van der Waals surface area contributed by atoms with Crippen LogP contribution in [-0.4, -0.2) is 0 Å². The molecule has 22 rings (SSSR count). The predicted octanol–water partition coefficient (Wildman–Crippen LogP) is 19.4. The molecule has 3 aromatic heterocycles. The number of ether oxygens (including phenoxy) is 3. The van der Waals surface area contributed by atoms with Crippen LogP contribution >= 0.6 is 0 Å². The van der Waals surface area contributed by atoms with E-state index >= 15 is 0 Å². The Bertz CT molecular complexity index is 5840. The highest BCUT2D eigenvalue weighted by Crippen LogP contribution is 2.60. The van der Waals surface area contributed by atoms with Gasteiger partial charge in [0.25, 0.3) is 20.2 Å². The topological polar surface area (TPSA) is 39.3 Å². The van der Waals surface area contributed by atoms with Crippen LogP contribution in [-0.2, 0) is 36.4 Å². The summed E-state index contributed by atoms with van der Waals surface area (Å²) in [5.74, 6) is 3.05. The highest BCUT2D eigenvalue weighted by atomic mass is 16.5. The fraction of sp³-hybridized carbons (Fsp3) is 0.141. The maximum atomic E-state index is 6.50. The Morgan fingerprint density at radius 3 is 1.04 bits per heavy atom. The minimum Gasteiger partial charge on any atom is -0.435 e. The third-order valence-corrected chi connectivity index (χ3v) is 21.8. The Kier molecular flexibility index (Phi) is 10.0. The van der Waals surface area contributed by atoms with Crippen molar-refractivity contribution in [3.8, 4) is 51.0 Å². The van der Waals surface area contributed by atoms with Crippen LogP contribution in [0.5, 0.6) is 17.2 Å². The van der Waals surface area contributed by atoms with Crippen LogP contribution in [0, 0.1) is 0 Å². The second kappa shape index (κ2) is 17.8. The van der Waals surface area contributed by atoms with Gasteiger partial charge in [0.2, 0.25) is 22.6 Å². The summed E-state index contributed by atoms with van der Waals surface area (Å²) < 4.78 is 26.1. The molecule has 0 fully saturated rings. The summed E-state index contributed by atoms with van der Waals surface area (Å²) in [4.78, 5) is 0. The van der Waals surface area contributed by atoms with Crippen molar-refractivity contribution in [2.24, 2.45) is 0 Å². The van der Waals surface area contributed by atoms with Crippen molar-refractivity contribution in [2.45, 2.75) is 78.0 Å². The van der Waals surface area contributed by atoms with Crippen LogP contribution in [0.2, 0.25) is 0 Å². The molecule has 0 atom stereocenters. The van der Waals surface area contributed by atoms with Gasteiger partial charge in [0.15, 0.2) is 12.4 Å². The maximum absolute atomic E-state index is 6.50. The summed E-state index contributed by atoms with van der Waals surface area (Å²) in [6.07, 6.45) is 4.49. The van der Waals surface area contributed by atoms with Gasteiger partial charge in [-0.3, -0.25) is 0 Å². The maximum Gasteiger partial charge on any atom is 0.293 e. The lowest BCUT2D eigenvalue weighted by Gasteiger charge is -2.23. The molecule has 91 heavy (non-hydrogen) atoms. The quantitative estimate of drug-likeness (QED) is 0.112. The molecule has 0 spiro atoms. The number of hydrogen-bond acceptors (Lipinski definition) is 3. The van der Waals surface area contributed by atoms with Crippen LogP contribution < -0.4 is 27.9 Å². The van der Waals surface area contributed by atoms with Crippen molar-refractivity contribution in [1.82, 2.24) is 0 Å². The second-order valence-corrected chi connectivity index (χ2v) is 27.6. The fourth-order valence-electron chi connectivity index (χ4n) is 17.9. The number of pyridine rings is 3. The van der Waals surface area contributed by atoms with E-state index in [1.807, 2.05) is 0 Å². The van der Waals surface area contributed by atoms with Crippen molar-refractivity contribution >= 4 is 108 Å². The highest BCUT2D eigenvalue weighted by Gasteiger charge is 2.51. The second-order valence-electron chi connectivity index (χ2n) is 27.6. The van der Waals surface area contributed by atoms with Gasteiger partial charge in [-0.15, -0.1) is 0 Å². The molecule has 3 aliphatic heterocycles. The van der Waals surface area contributed by atoms with Crippen molar-refractivity contribution in [3.05, 3.63) is 264 Å². The van der Waals surface area contributed by atoms with E-state index in [2.05, 4.69) is 286 Å². The lowest BCUT2D eigenvalue weighted by Crippen LogP contribution is -2.42. The first kappa shape index (κ1) is 51.2. The minimum atomic E-state index is -0.123. The Labute approximate surface area is 526 Å². The Hall–Kier alpha value is -10.7. The lowest BCUT2D eigenvalue weighted by atomic mass is 9.78. The SMILES string of the molecule is CC1(C)c2c3[n+](cc4ccccc24)COc2cc4c(ccc5ccccc54)c1c2-3.CC1(C)c2c3[n+](cc4ccccc24)COc2cc4c(ccc5ccccc54)c1c2-3.CC1(C)c2cc3c4ccccc4ccc3[n+]3c2-c2c(cc4c(ccc5ccccc54)c21)OC3. The summed E-state index contributed by atoms with van der Waals surface area (Å²) in [6, 6.07) is 79.6. The smallest absolute Gasteiger partial charge is 0.293 e. The first-order valence-corrected chi connectivity index (χ1v) is 32.1. The van der Waals surface area contributed by atoms with E-state index in [9.17, 15) is 0 Å². The van der Waals surface area contributed by atoms with Crippen LogP contribution in [0.25, 0.3) is 142 Å². The van der Waals surface area contributed by atoms with Crippen LogP contribution in [0.1, 0.15) is 74.9 Å². The average Bonchev–Trinajstić information content (AvgIpc) is 1.55. The molecular formula is C85H62N3O3+3. The van der Waals surface area contributed by atoms with E-state index in [1.165, 1.54) is 175 Å². The van der Waals surface area contributed by atoms with Gasteiger partial charge in [-0.1, -0.05) is 211 Å². The number of aromatic nitrogens is 3. The van der Waals surface area contributed by atoms with Crippen molar-refractivity contribution in [3.63, 3.8) is 0 Å². The van der Waals surface area contributed by atoms with Crippen molar-refractivity contribution < 1.29 is 27.9 Å². The molecule has 3 aliphatic carbocycles. The van der Waals surface area contributed by atoms with Crippen LogP contribution in [0.4, 0.5) is 0 Å². The largest absolute Gasteiger partial charge is 0.435 e. The molecule has 0 amide bonds. The zero-order chi connectivity index (χ0) is 60.6. The van der Waals surface area contributed by atoms with Gasteiger partial charge in [-0.05, 0) is 145 Å². The third-order valence-electron chi connectivity index (χ3n) is 21.8. The Morgan fingerprint density at radius 2 is 0.615 bits per heavy atom. The molecule has 0 radical (unpaired) electrons.